The van der Waals surface area contributed by atoms with Gasteiger partial charge in [-0.1, -0.05) is 65.0 Å². The molecule has 10 nitrogen and oxygen atoms in total. The normalized spacial score (nSPS) is 14.8. The zero-order valence-corrected chi connectivity index (χ0v) is 26.4. The second-order valence-corrected chi connectivity index (χ2v) is 14.4. The summed E-state index contributed by atoms with van der Waals surface area (Å²) in [6.45, 7) is 9.92. The molecule has 0 radical (unpaired) electrons. The number of ether oxygens (including phenoxy) is 1. The molecule has 3 N–H and O–H groups in total. The van der Waals surface area contributed by atoms with Crippen molar-refractivity contribution < 1.29 is 27.9 Å². The number of aliphatic hydroxyl groups excluding tert-OH is 1. The van der Waals surface area contributed by atoms with Gasteiger partial charge in [0.15, 0.2) is 0 Å². The monoisotopic (exact) mass is 602 g/mol. The van der Waals surface area contributed by atoms with Gasteiger partial charge in [0.2, 0.25) is 15.9 Å². The van der Waals surface area contributed by atoms with Gasteiger partial charge in [0.25, 0.3) is 5.91 Å². The first-order chi connectivity index (χ1) is 19.7. The molecule has 2 aromatic carbocycles. The van der Waals surface area contributed by atoms with Gasteiger partial charge in [0, 0.05) is 25.9 Å². The highest BCUT2D eigenvalue weighted by Crippen LogP contribution is 2.30. The number of fused-ring (bicyclic) bond motifs is 1. The van der Waals surface area contributed by atoms with Crippen LogP contribution >= 0.6 is 0 Å². The summed E-state index contributed by atoms with van der Waals surface area (Å²) in [6, 6.07) is 13.2. The molecule has 11 heteroatoms. The van der Waals surface area contributed by atoms with Crippen LogP contribution in [0.3, 0.4) is 0 Å². The van der Waals surface area contributed by atoms with Crippen molar-refractivity contribution >= 4 is 21.8 Å². The number of benzene rings is 2. The molecule has 0 aliphatic carbocycles. The molecule has 2 atom stereocenters. The number of nitrogens with one attached hydrogen (secondary N) is 2. The highest BCUT2D eigenvalue weighted by atomic mass is 32.2. The molecule has 1 heterocycles. The van der Waals surface area contributed by atoms with Crippen LogP contribution in [0, 0.1) is 11.3 Å². The Bertz CT molecular complexity index is 1310. The van der Waals surface area contributed by atoms with E-state index < -0.39 is 33.5 Å². The lowest BCUT2D eigenvalue weighted by Gasteiger charge is -2.38. The first-order valence-corrected chi connectivity index (χ1v) is 15.9. The van der Waals surface area contributed by atoms with Crippen molar-refractivity contribution in [1.82, 2.24) is 20.1 Å². The van der Waals surface area contributed by atoms with Crippen LogP contribution in [0.25, 0.3) is 0 Å². The third kappa shape index (κ3) is 9.26. The fourth-order valence-corrected chi connectivity index (χ4v) is 6.61. The van der Waals surface area contributed by atoms with Crippen molar-refractivity contribution in [2.75, 3.05) is 33.3 Å². The Balaban J connectivity index is 2.01. The Labute approximate surface area is 250 Å². The van der Waals surface area contributed by atoms with Gasteiger partial charge in [-0.3, -0.25) is 15.0 Å². The van der Waals surface area contributed by atoms with Crippen LogP contribution < -0.4 is 15.5 Å². The predicted molar refractivity (Wildman–Crippen MR) is 162 cm³/mol. The first-order valence-electron chi connectivity index (χ1n) is 14.4. The average molecular weight is 603 g/mol. The lowest BCUT2D eigenvalue weighted by atomic mass is 9.91. The molecule has 0 saturated heterocycles. The number of amides is 2. The molecule has 232 valence electrons. The highest BCUT2D eigenvalue weighted by molar-refractivity contribution is 7.89. The Kier molecular flexibility index (Phi) is 11.5. The quantitative estimate of drug-likeness (QED) is 0.301. The zero-order chi connectivity index (χ0) is 31.1. The minimum atomic E-state index is -4.01. The van der Waals surface area contributed by atoms with Gasteiger partial charge in [-0.25, -0.2) is 13.4 Å². The molecule has 0 fully saturated rings. The van der Waals surface area contributed by atoms with Crippen molar-refractivity contribution in [3.63, 3.8) is 0 Å². The number of hydrogen-bond donors (Lipinski definition) is 3. The van der Waals surface area contributed by atoms with Crippen molar-refractivity contribution in [3.8, 4) is 5.75 Å². The van der Waals surface area contributed by atoms with E-state index in [1.165, 1.54) is 15.4 Å². The van der Waals surface area contributed by atoms with Crippen molar-refractivity contribution in [3.05, 3.63) is 59.7 Å². The maximum atomic E-state index is 14.0. The van der Waals surface area contributed by atoms with Crippen LogP contribution in [-0.4, -0.2) is 80.1 Å². The molecule has 0 aromatic heterocycles. The summed E-state index contributed by atoms with van der Waals surface area (Å²) < 4.78 is 34.7. The Morgan fingerprint density at radius 2 is 1.76 bits per heavy atom. The summed E-state index contributed by atoms with van der Waals surface area (Å²) >= 11 is 0. The van der Waals surface area contributed by atoms with E-state index in [0.29, 0.717) is 18.8 Å². The summed E-state index contributed by atoms with van der Waals surface area (Å²) in [6.07, 6.45) is -0.392. The van der Waals surface area contributed by atoms with E-state index in [2.05, 4.69) is 10.7 Å². The van der Waals surface area contributed by atoms with Crippen LogP contribution in [0.2, 0.25) is 0 Å². The molecular weight excluding hydrogens is 556 g/mol. The lowest BCUT2D eigenvalue weighted by molar-refractivity contribution is -0.149. The number of rotatable bonds is 13. The number of likely N-dealkylation sites (N-methyl/N-ethyl adjacent to an activating group) is 1. The Hall–Kier alpha value is -2.99. The molecule has 3 rings (SSSR count). The molecule has 42 heavy (non-hydrogen) atoms. The molecule has 0 bridgehead atoms. The molecule has 1 aliphatic heterocycles. The SMILES string of the molecule is CNCC(=O)NN(C(=O)CC(C)(C)C)C(Cc1ccccc1)[C@H](O)CN(CC(C)C)S(=O)(=O)c1ccc2c(c1)CCO2. The van der Waals surface area contributed by atoms with Crippen molar-refractivity contribution in [2.24, 2.45) is 11.3 Å². The fraction of sp³-hybridized carbons (Fsp3) is 0.548. The van der Waals surface area contributed by atoms with E-state index >= 15 is 0 Å². The van der Waals surface area contributed by atoms with Crippen LogP contribution in [0.4, 0.5) is 0 Å². The van der Waals surface area contributed by atoms with Gasteiger partial charge in [-0.15, -0.1) is 0 Å². The van der Waals surface area contributed by atoms with Crippen LogP contribution in [0.15, 0.2) is 53.4 Å². The molecule has 0 saturated carbocycles. The minimum Gasteiger partial charge on any atom is -0.493 e. The second-order valence-electron chi connectivity index (χ2n) is 12.5. The minimum absolute atomic E-state index is 0.0359. The third-order valence-corrected chi connectivity index (χ3v) is 8.68. The molecule has 0 spiro atoms. The summed E-state index contributed by atoms with van der Waals surface area (Å²) in [5.41, 5.74) is 3.96. The Morgan fingerprint density at radius 3 is 2.38 bits per heavy atom. The van der Waals surface area contributed by atoms with Crippen LogP contribution in [0.5, 0.6) is 5.75 Å². The van der Waals surface area contributed by atoms with Crippen LogP contribution in [0.1, 0.15) is 52.2 Å². The molecule has 1 unspecified atom stereocenters. The zero-order valence-electron chi connectivity index (χ0n) is 25.6. The summed E-state index contributed by atoms with van der Waals surface area (Å²) in [4.78, 5) is 26.5. The maximum Gasteiger partial charge on any atom is 0.252 e. The van der Waals surface area contributed by atoms with Gasteiger partial charge in [-0.05, 0) is 54.1 Å². The summed E-state index contributed by atoms with van der Waals surface area (Å²) in [7, 11) is -2.39. The van der Waals surface area contributed by atoms with E-state index in [1.54, 1.807) is 19.2 Å². The topological polar surface area (TPSA) is 128 Å². The molecular formula is C31H46N4O6S. The first kappa shape index (κ1) is 33.5. The van der Waals surface area contributed by atoms with Gasteiger partial charge >= 0.3 is 0 Å². The van der Waals surface area contributed by atoms with Crippen molar-refractivity contribution in [2.45, 2.75) is 70.9 Å². The van der Waals surface area contributed by atoms with Gasteiger partial charge in [0.1, 0.15) is 5.75 Å². The highest BCUT2D eigenvalue weighted by Gasteiger charge is 2.37. The smallest absolute Gasteiger partial charge is 0.252 e. The number of aliphatic hydroxyl groups is 1. The van der Waals surface area contributed by atoms with Crippen LogP contribution in [-0.2, 0) is 32.5 Å². The average Bonchev–Trinajstić information content (AvgIpc) is 3.38. The number of hydrazine groups is 1. The molecule has 2 aromatic rings. The molecule has 2 amide bonds. The Morgan fingerprint density at radius 1 is 1.07 bits per heavy atom. The van der Waals surface area contributed by atoms with Gasteiger partial charge in [-0.2, -0.15) is 4.31 Å². The fourth-order valence-electron chi connectivity index (χ4n) is 4.94. The van der Waals surface area contributed by atoms with E-state index in [1.807, 2.05) is 65.0 Å². The number of carbonyl (C=O) groups excluding carboxylic acids is 2. The number of sulfonamides is 1. The van der Waals surface area contributed by atoms with E-state index in [9.17, 15) is 23.1 Å². The molecule has 1 aliphatic rings. The maximum absolute atomic E-state index is 14.0. The number of hydrogen-bond acceptors (Lipinski definition) is 7. The predicted octanol–water partition coefficient (Wildman–Crippen LogP) is 2.76. The van der Waals surface area contributed by atoms with Crippen molar-refractivity contribution in [1.29, 1.82) is 0 Å². The lowest BCUT2D eigenvalue weighted by Crippen LogP contribution is -2.60. The van der Waals surface area contributed by atoms with E-state index in [-0.39, 0.29) is 49.2 Å². The second kappa shape index (κ2) is 14.5. The third-order valence-electron chi connectivity index (χ3n) is 6.85. The van der Waals surface area contributed by atoms with Gasteiger partial charge < -0.3 is 15.2 Å². The summed E-state index contributed by atoms with van der Waals surface area (Å²) in [5, 5.41) is 15.8. The number of nitrogens with zero attached hydrogens (tertiary/aromatic N) is 2. The largest absolute Gasteiger partial charge is 0.493 e. The van der Waals surface area contributed by atoms with E-state index in [0.717, 1.165) is 11.1 Å². The van der Waals surface area contributed by atoms with Gasteiger partial charge in [0.05, 0.1) is 30.2 Å². The summed E-state index contributed by atoms with van der Waals surface area (Å²) in [5.74, 6) is -0.176. The number of carbonyl (C=O) groups is 2. The van der Waals surface area contributed by atoms with E-state index in [4.69, 9.17) is 4.74 Å². The standard InChI is InChI=1S/C31H46N4O6S/c1-22(2)20-34(42(39,40)25-12-13-28-24(17-25)14-15-41-28)21-27(36)26(16-23-10-8-7-9-11-23)35(33-29(37)19-32-6)30(38)18-31(3,4)5/h7-13,17,22,26-27,32,36H,14-16,18-21H2,1-6H3,(H,33,37)/t26?,27-/m1/s1.